The molecule has 0 aromatic carbocycles. The zero-order chi connectivity index (χ0) is 14.9. The number of ether oxygens (including phenoxy) is 2. The van der Waals surface area contributed by atoms with E-state index in [2.05, 4.69) is 10.2 Å². The van der Waals surface area contributed by atoms with E-state index in [-0.39, 0.29) is 17.1 Å². The lowest BCUT2D eigenvalue weighted by molar-refractivity contribution is -0.232. The Bertz CT molecular complexity index is 492. The Morgan fingerprint density at radius 2 is 2.33 bits per heavy atom. The van der Waals surface area contributed by atoms with Crippen molar-refractivity contribution in [2.45, 2.75) is 44.3 Å². The van der Waals surface area contributed by atoms with Crippen LogP contribution in [-0.4, -0.2) is 58.5 Å². The SMILES string of the molecule is CC1(C)CN(C(=O)Cc2ccn[nH]2)CC2(CCCOC2)O1. The zero-order valence-electron chi connectivity index (χ0n) is 12.7. The molecule has 3 heterocycles. The number of carbonyl (C=O) groups excluding carboxylic acids is 1. The van der Waals surface area contributed by atoms with Crippen LogP contribution in [0.5, 0.6) is 0 Å². The molecule has 6 heteroatoms. The van der Waals surface area contributed by atoms with Gasteiger partial charge in [-0.25, -0.2) is 0 Å². The molecule has 1 spiro atoms. The van der Waals surface area contributed by atoms with E-state index in [4.69, 9.17) is 9.47 Å². The number of rotatable bonds is 2. The van der Waals surface area contributed by atoms with Crippen LogP contribution in [0.2, 0.25) is 0 Å². The number of morpholine rings is 1. The lowest BCUT2D eigenvalue weighted by Gasteiger charge is -2.51. The molecular weight excluding hydrogens is 270 g/mol. The number of nitrogens with one attached hydrogen (secondary N) is 1. The molecule has 1 atom stereocenters. The molecule has 1 amide bonds. The molecule has 1 N–H and O–H groups in total. The fourth-order valence-corrected chi connectivity index (χ4v) is 3.38. The largest absolute Gasteiger partial charge is 0.378 e. The first-order chi connectivity index (χ1) is 9.98. The second-order valence-electron chi connectivity index (χ2n) is 6.71. The lowest BCUT2D eigenvalue weighted by atomic mass is 9.90. The Morgan fingerprint density at radius 3 is 3.00 bits per heavy atom. The monoisotopic (exact) mass is 293 g/mol. The van der Waals surface area contributed by atoms with Crippen LogP contribution in [0.3, 0.4) is 0 Å². The molecular formula is C15H23N3O3. The minimum atomic E-state index is -0.345. The van der Waals surface area contributed by atoms with Crippen molar-refractivity contribution in [2.75, 3.05) is 26.3 Å². The average Bonchev–Trinajstić information content (AvgIpc) is 2.90. The third-order valence-electron chi connectivity index (χ3n) is 4.08. The highest BCUT2D eigenvalue weighted by molar-refractivity contribution is 5.78. The summed E-state index contributed by atoms with van der Waals surface area (Å²) in [4.78, 5) is 14.5. The summed E-state index contributed by atoms with van der Waals surface area (Å²) in [7, 11) is 0. The summed E-state index contributed by atoms with van der Waals surface area (Å²) in [6, 6.07) is 1.84. The van der Waals surface area contributed by atoms with Crippen molar-refractivity contribution in [1.29, 1.82) is 0 Å². The lowest BCUT2D eigenvalue weighted by Crippen LogP contribution is -2.63. The van der Waals surface area contributed by atoms with Crippen molar-refractivity contribution in [3.8, 4) is 0 Å². The van der Waals surface area contributed by atoms with Gasteiger partial charge in [0.2, 0.25) is 5.91 Å². The molecule has 1 unspecified atom stereocenters. The topological polar surface area (TPSA) is 67.5 Å². The highest BCUT2D eigenvalue weighted by atomic mass is 16.6. The highest BCUT2D eigenvalue weighted by Gasteiger charge is 2.46. The van der Waals surface area contributed by atoms with Crippen LogP contribution < -0.4 is 0 Å². The van der Waals surface area contributed by atoms with Gasteiger partial charge in [-0.05, 0) is 32.8 Å². The standard InChI is InChI=1S/C15H23N3O3/c1-14(2)9-18(13(19)8-12-4-6-16-17-12)10-15(21-14)5-3-7-20-11-15/h4,6H,3,5,7-11H2,1-2H3,(H,16,17). The number of carbonyl (C=O) groups is 1. The normalized spacial score (nSPS) is 28.8. The first kappa shape index (κ1) is 14.5. The van der Waals surface area contributed by atoms with Crippen molar-refractivity contribution in [1.82, 2.24) is 15.1 Å². The van der Waals surface area contributed by atoms with Crippen LogP contribution in [0.15, 0.2) is 12.3 Å². The van der Waals surface area contributed by atoms with Crippen LogP contribution in [-0.2, 0) is 20.7 Å². The van der Waals surface area contributed by atoms with E-state index in [0.29, 0.717) is 26.1 Å². The second-order valence-corrected chi connectivity index (χ2v) is 6.71. The predicted molar refractivity (Wildman–Crippen MR) is 76.8 cm³/mol. The Morgan fingerprint density at radius 1 is 1.48 bits per heavy atom. The fourth-order valence-electron chi connectivity index (χ4n) is 3.38. The molecule has 2 aliphatic rings. The van der Waals surface area contributed by atoms with Crippen molar-refractivity contribution in [3.05, 3.63) is 18.0 Å². The van der Waals surface area contributed by atoms with Crippen LogP contribution >= 0.6 is 0 Å². The van der Waals surface area contributed by atoms with E-state index in [1.165, 1.54) is 0 Å². The van der Waals surface area contributed by atoms with Gasteiger partial charge in [0.05, 0.1) is 25.2 Å². The van der Waals surface area contributed by atoms with Gasteiger partial charge in [-0.2, -0.15) is 5.10 Å². The third-order valence-corrected chi connectivity index (χ3v) is 4.08. The number of aromatic amines is 1. The summed E-state index contributed by atoms with van der Waals surface area (Å²) in [6.07, 6.45) is 3.96. The summed E-state index contributed by atoms with van der Waals surface area (Å²) < 4.78 is 11.9. The van der Waals surface area contributed by atoms with Gasteiger partial charge in [0.15, 0.2) is 0 Å². The second kappa shape index (κ2) is 5.42. The van der Waals surface area contributed by atoms with Crippen LogP contribution in [0.4, 0.5) is 0 Å². The van der Waals surface area contributed by atoms with Gasteiger partial charge >= 0.3 is 0 Å². The van der Waals surface area contributed by atoms with Crippen LogP contribution in [0, 0.1) is 0 Å². The van der Waals surface area contributed by atoms with Crippen molar-refractivity contribution in [2.24, 2.45) is 0 Å². The van der Waals surface area contributed by atoms with Gasteiger partial charge in [-0.15, -0.1) is 0 Å². The summed E-state index contributed by atoms with van der Waals surface area (Å²) in [5.74, 6) is 0.112. The van der Waals surface area contributed by atoms with E-state index in [9.17, 15) is 4.79 Å². The summed E-state index contributed by atoms with van der Waals surface area (Å²) in [5, 5.41) is 6.74. The summed E-state index contributed by atoms with van der Waals surface area (Å²) >= 11 is 0. The van der Waals surface area contributed by atoms with Gasteiger partial charge in [0.25, 0.3) is 0 Å². The summed E-state index contributed by atoms with van der Waals surface area (Å²) in [6.45, 7) is 6.67. The van der Waals surface area contributed by atoms with Gasteiger partial charge in [0, 0.05) is 25.0 Å². The van der Waals surface area contributed by atoms with E-state index in [1.807, 2.05) is 24.8 Å². The average molecular weight is 293 g/mol. The zero-order valence-corrected chi connectivity index (χ0v) is 12.7. The third kappa shape index (κ3) is 3.27. The molecule has 3 rings (SSSR count). The number of H-pyrrole nitrogens is 1. The number of hydrogen-bond acceptors (Lipinski definition) is 4. The summed E-state index contributed by atoms with van der Waals surface area (Å²) in [5.41, 5.74) is 0.157. The molecule has 2 saturated heterocycles. The number of amides is 1. The van der Waals surface area contributed by atoms with Crippen molar-refractivity contribution >= 4 is 5.91 Å². The molecule has 21 heavy (non-hydrogen) atoms. The predicted octanol–water partition coefficient (Wildman–Crippen LogP) is 1.14. The molecule has 116 valence electrons. The fraction of sp³-hybridized carbons (Fsp3) is 0.733. The molecule has 2 fully saturated rings. The molecule has 0 saturated carbocycles. The molecule has 0 bridgehead atoms. The van der Waals surface area contributed by atoms with E-state index < -0.39 is 0 Å². The van der Waals surface area contributed by atoms with Crippen LogP contribution in [0.1, 0.15) is 32.4 Å². The molecule has 0 radical (unpaired) electrons. The number of nitrogens with zero attached hydrogens (tertiary/aromatic N) is 2. The quantitative estimate of drug-likeness (QED) is 0.888. The van der Waals surface area contributed by atoms with Gasteiger partial charge in [-0.1, -0.05) is 0 Å². The maximum Gasteiger partial charge on any atom is 0.228 e. The number of hydrogen-bond donors (Lipinski definition) is 1. The molecule has 1 aromatic rings. The van der Waals surface area contributed by atoms with E-state index >= 15 is 0 Å². The smallest absolute Gasteiger partial charge is 0.228 e. The Balaban J connectivity index is 1.73. The molecule has 2 aliphatic heterocycles. The van der Waals surface area contributed by atoms with Crippen molar-refractivity contribution in [3.63, 3.8) is 0 Å². The first-order valence-electron chi connectivity index (χ1n) is 7.52. The van der Waals surface area contributed by atoms with Crippen LogP contribution in [0.25, 0.3) is 0 Å². The van der Waals surface area contributed by atoms with Gasteiger partial charge in [0.1, 0.15) is 5.60 Å². The molecule has 0 aliphatic carbocycles. The minimum absolute atomic E-state index is 0.112. The highest BCUT2D eigenvalue weighted by Crippen LogP contribution is 2.34. The number of aromatic nitrogens is 2. The Hall–Kier alpha value is -1.40. The molecule has 1 aromatic heterocycles. The molecule has 6 nitrogen and oxygen atoms in total. The van der Waals surface area contributed by atoms with E-state index in [1.54, 1.807) is 6.20 Å². The van der Waals surface area contributed by atoms with E-state index in [0.717, 1.165) is 25.1 Å². The Kier molecular flexibility index (Phi) is 3.75. The maximum absolute atomic E-state index is 12.6. The van der Waals surface area contributed by atoms with Gasteiger partial charge in [-0.3, -0.25) is 9.89 Å². The minimum Gasteiger partial charge on any atom is -0.378 e. The van der Waals surface area contributed by atoms with Crippen molar-refractivity contribution < 1.29 is 14.3 Å². The first-order valence-corrected chi connectivity index (χ1v) is 7.52. The Labute approximate surface area is 124 Å². The van der Waals surface area contributed by atoms with Gasteiger partial charge < -0.3 is 14.4 Å². The maximum atomic E-state index is 12.6.